The van der Waals surface area contributed by atoms with Crippen LogP contribution in [0.15, 0.2) is 24.3 Å². The summed E-state index contributed by atoms with van der Waals surface area (Å²) in [4.78, 5) is 14.3. The molecule has 0 aromatic heterocycles. The van der Waals surface area contributed by atoms with Gasteiger partial charge < -0.3 is 4.90 Å². The predicted octanol–water partition coefficient (Wildman–Crippen LogP) is 3.29. The number of amides is 1. The summed E-state index contributed by atoms with van der Waals surface area (Å²) >= 11 is 5.64. The molecule has 0 heterocycles. The third-order valence-electron chi connectivity index (χ3n) is 2.65. The number of nitrogens with zero attached hydrogens (tertiary/aromatic N) is 1. The molecule has 1 saturated carbocycles. The number of halogens is 2. The van der Waals surface area contributed by atoms with Crippen molar-refractivity contribution in [1.82, 2.24) is 4.90 Å². The molecule has 1 aliphatic carbocycles. The van der Waals surface area contributed by atoms with Crippen LogP contribution in [0.1, 0.15) is 23.2 Å². The number of rotatable bonds is 4. The van der Waals surface area contributed by atoms with E-state index < -0.39 is 0 Å². The lowest BCUT2D eigenvalue weighted by atomic mass is 10.2. The largest absolute Gasteiger partial charge is 0.335 e. The van der Waals surface area contributed by atoms with Crippen LogP contribution < -0.4 is 0 Å². The van der Waals surface area contributed by atoms with Gasteiger partial charge >= 0.3 is 0 Å². The molecule has 0 radical (unpaired) electrons. The summed E-state index contributed by atoms with van der Waals surface area (Å²) in [6.45, 7) is 0.801. The molecule has 0 bridgehead atoms. The average molecular weight is 394 g/mol. The summed E-state index contributed by atoms with van der Waals surface area (Å²) in [6.07, 6.45) is 2.31. The molecule has 0 spiro atoms. The molecule has 86 valence electrons. The van der Waals surface area contributed by atoms with Crippen molar-refractivity contribution in [2.75, 3.05) is 11.9 Å². The van der Waals surface area contributed by atoms with Crippen LogP contribution in [-0.4, -0.2) is 28.7 Å². The van der Waals surface area contributed by atoms with Gasteiger partial charge in [0.05, 0.1) is 0 Å². The highest BCUT2D eigenvalue weighted by Gasteiger charge is 2.32. The Morgan fingerprint density at radius 2 is 2.25 bits per heavy atom. The minimum Gasteiger partial charge on any atom is -0.335 e. The maximum atomic E-state index is 12.3. The Morgan fingerprint density at radius 1 is 1.50 bits per heavy atom. The van der Waals surface area contributed by atoms with Crippen molar-refractivity contribution in [3.63, 3.8) is 0 Å². The van der Waals surface area contributed by atoms with Gasteiger partial charge in [-0.1, -0.05) is 22.0 Å². The molecule has 0 unspecified atom stereocenters. The smallest absolute Gasteiger partial charge is 0.254 e. The Balaban J connectivity index is 2.15. The highest BCUT2D eigenvalue weighted by Crippen LogP contribution is 2.28. The summed E-state index contributed by atoms with van der Waals surface area (Å²) in [5.74, 6) is 0.167. The number of carbonyl (C=O) groups excluding carboxylic acids is 1. The van der Waals surface area contributed by atoms with Crippen molar-refractivity contribution in [3.8, 4) is 0 Å². The lowest BCUT2D eigenvalue weighted by molar-refractivity contribution is 0.0754. The lowest BCUT2D eigenvalue weighted by Gasteiger charge is -2.21. The van der Waals surface area contributed by atoms with Crippen molar-refractivity contribution in [1.29, 1.82) is 0 Å². The van der Waals surface area contributed by atoms with E-state index in [-0.39, 0.29) is 5.91 Å². The second kappa shape index (κ2) is 5.49. The molecule has 2 rings (SSSR count). The van der Waals surface area contributed by atoms with E-state index in [9.17, 15) is 4.79 Å². The third kappa shape index (κ3) is 2.97. The molecule has 1 fully saturated rings. The number of benzene rings is 1. The first-order valence-corrected chi connectivity index (χ1v) is 7.55. The zero-order chi connectivity index (χ0) is 11.5. The Labute approximate surface area is 118 Å². The lowest BCUT2D eigenvalue weighted by Crippen LogP contribution is -2.34. The fourth-order valence-electron chi connectivity index (χ4n) is 1.71. The number of hydrogen-bond acceptors (Lipinski definition) is 1. The molecule has 0 N–H and O–H groups in total. The van der Waals surface area contributed by atoms with E-state index in [0.717, 1.165) is 33.9 Å². The van der Waals surface area contributed by atoms with Gasteiger partial charge in [0.15, 0.2) is 0 Å². The van der Waals surface area contributed by atoms with E-state index >= 15 is 0 Å². The minimum absolute atomic E-state index is 0.167. The quantitative estimate of drug-likeness (QED) is 0.567. The van der Waals surface area contributed by atoms with E-state index in [0.29, 0.717) is 6.04 Å². The van der Waals surface area contributed by atoms with Crippen LogP contribution in [0.25, 0.3) is 0 Å². The van der Waals surface area contributed by atoms with Crippen LogP contribution >= 0.6 is 38.5 Å². The maximum absolute atomic E-state index is 12.3. The van der Waals surface area contributed by atoms with Gasteiger partial charge in [-0.15, -0.1) is 0 Å². The molecule has 0 aliphatic heterocycles. The van der Waals surface area contributed by atoms with E-state index in [1.165, 1.54) is 0 Å². The first-order chi connectivity index (χ1) is 7.72. The summed E-state index contributed by atoms with van der Waals surface area (Å²) in [6, 6.07) is 8.26. The number of hydrogen-bond donors (Lipinski definition) is 0. The van der Waals surface area contributed by atoms with Crippen LogP contribution in [0.4, 0.5) is 0 Å². The zero-order valence-electron chi connectivity index (χ0n) is 8.83. The summed E-state index contributed by atoms with van der Waals surface area (Å²) in [5, 5.41) is 0.846. The van der Waals surface area contributed by atoms with Crippen molar-refractivity contribution >= 4 is 44.4 Å². The monoisotopic (exact) mass is 393 g/mol. The molecule has 0 atom stereocenters. The second-order valence-corrected chi connectivity index (χ2v) is 5.97. The molecule has 0 saturated heterocycles. The van der Waals surface area contributed by atoms with Crippen LogP contribution in [0.5, 0.6) is 0 Å². The first-order valence-electron chi connectivity index (χ1n) is 5.35. The van der Waals surface area contributed by atoms with E-state index in [1.807, 2.05) is 29.2 Å². The van der Waals surface area contributed by atoms with Crippen LogP contribution in [0, 0.1) is 3.57 Å². The van der Waals surface area contributed by atoms with Gasteiger partial charge in [-0.25, -0.2) is 0 Å². The maximum Gasteiger partial charge on any atom is 0.254 e. The van der Waals surface area contributed by atoms with Crippen molar-refractivity contribution < 1.29 is 4.79 Å². The molecular formula is C12H13BrINO. The third-order valence-corrected chi connectivity index (χ3v) is 3.67. The SMILES string of the molecule is O=C(c1cccc(I)c1)N(CCBr)C1CC1. The number of carbonyl (C=O) groups is 1. The molecule has 16 heavy (non-hydrogen) atoms. The van der Waals surface area contributed by atoms with Gasteiger partial charge in [0.2, 0.25) is 0 Å². The Morgan fingerprint density at radius 3 is 2.81 bits per heavy atom. The van der Waals surface area contributed by atoms with Crippen LogP contribution in [-0.2, 0) is 0 Å². The van der Waals surface area contributed by atoms with Gasteiger partial charge in [0.1, 0.15) is 0 Å². The number of alkyl halides is 1. The highest BCUT2D eigenvalue weighted by atomic mass is 127. The van der Waals surface area contributed by atoms with Gasteiger partial charge in [0, 0.05) is 27.1 Å². The van der Waals surface area contributed by atoms with E-state index in [1.54, 1.807) is 0 Å². The van der Waals surface area contributed by atoms with E-state index in [2.05, 4.69) is 38.5 Å². The molecule has 1 aromatic rings. The van der Waals surface area contributed by atoms with Crippen LogP contribution in [0.3, 0.4) is 0 Å². The summed E-state index contributed by atoms with van der Waals surface area (Å²) < 4.78 is 1.11. The Bertz CT molecular complexity index is 392. The second-order valence-electron chi connectivity index (χ2n) is 3.93. The summed E-state index contributed by atoms with van der Waals surface area (Å²) in [7, 11) is 0. The van der Waals surface area contributed by atoms with Gasteiger partial charge in [-0.2, -0.15) is 0 Å². The standard InChI is InChI=1S/C12H13BrINO/c13-6-7-15(11-4-5-11)12(16)9-2-1-3-10(14)8-9/h1-3,8,11H,4-7H2. The molecule has 1 aromatic carbocycles. The Kier molecular flexibility index (Phi) is 4.24. The van der Waals surface area contributed by atoms with Crippen molar-refractivity contribution in [2.24, 2.45) is 0 Å². The molecule has 4 heteroatoms. The molecular weight excluding hydrogens is 381 g/mol. The normalized spacial score (nSPS) is 14.9. The van der Waals surface area contributed by atoms with Crippen molar-refractivity contribution in [2.45, 2.75) is 18.9 Å². The van der Waals surface area contributed by atoms with E-state index in [4.69, 9.17) is 0 Å². The fraction of sp³-hybridized carbons (Fsp3) is 0.417. The fourth-order valence-corrected chi connectivity index (χ4v) is 2.64. The van der Waals surface area contributed by atoms with Gasteiger partial charge in [0.25, 0.3) is 5.91 Å². The van der Waals surface area contributed by atoms with Crippen LogP contribution in [0.2, 0.25) is 0 Å². The average Bonchev–Trinajstić information content (AvgIpc) is 3.09. The van der Waals surface area contributed by atoms with Crippen molar-refractivity contribution in [3.05, 3.63) is 33.4 Å². The predicted molar refractivity (Wildman–Crippen MR) is 77.0 cm³/mol. The first kappa shape index (κ1) is 12.4. The molecule has 1 aliphatic rings. The van der Waals surface area contributed by atoms with Gasteiger partial charge in [-0.05, 0) is 53.6 Å². The highest BCUT2D eigenvalue weighted by molar-refractivity contribution is 14.1. The molecule has 2 nitrogen and oxygen atoms in total. The topological polar surface area (TPSA) is 20.3 Å². The zero-order valence-corrected chi connectivity index (χ0v) is 12.6. The summed E-state index contributed by atoms with van der Waals surface area (Å²) in [5.41, 5.74) is 0.805. The Hall–Kier alpha value is -0.100. The van der Waals surface area contributed by atoms with Gasteiger partial charge in [-0.3, -0.25) is 4.79 Å². The molecule has 1 amide bonds. The minimum atomic E-state index is 0.167.